The van der Waals surface area contributed by atoms with Crippen molar-refractivity contribution >= 4 is 17.5 Å². The fourth-order valence-corrected chi connectivity index (χ4v) is 2.93. The van der Waals surface area contributed by atoms with Crippen LogP contribution in [-0.2, 0) is 0 Å². The Bertz CT molecular complexity index is 745. The van der Waals surface area contributed by atoms with E-state index in [0.29, 0.717) is 18.4 Å². The van der Waals surface area contributed by atoms with Crippen molar-refractivity contribution in [2.24, 2.45) is 0 Å². The number of rotatable bonds is 4. The Balaban J connectivity index is 1.79. The predicted octanol–water partition coefficient (Wildman–Crippen LogP) is 2.13. The van der Waals surface area contributed by atoms with Gasteiger partial charge in [-0.3, -0.25) is 10.1 Å². The molecule has 2 aromatic heterocycles. The maximum atomic E-state index is 10.9. The van der Waals surface area contributed by atoms with E-state index in [-0.39, 0.29) is 11.6 Å². The first kappa shape index (κ1) is 16.2. The Morgan fingerprint density at radius 3 is 2.88 bits per heavy atom. The summed E-state index contributed by atoms with van der Waals surface area (Å²) in [7, 11) is 3.73. The van der Waals surface area contributed by atoms with Crippen molar-refractivity contribution < 1.29 is 9.45 Å². The number of pyridine rings is 1. The molecule has 2 aromatic rings. The molecule has 1 unspecified atom stereocenters. The van der Waals surface area contributed by atoms with E-state index in [1.54, 1.807) is 11.0 Å². The lowest BCUT2D eigenvalue weighted by molar-refractivity contribution is -0.385. The van der Waals surface area contributed by atoms with Gasteiger partial charge in [-0.05, 0) is 30.5 Å². The minimum absolute atomic E-state index is 0.0114. The van der Waals surface area contributed by atoms with Gasteiger partial charge in [0, 0.05) is 33.3 Å². The van der Waals surface area contributed by atoms with Crippen molar-refractivity contribution in [2.45, 2.75) is 25.7 Å². The molecule has 1 aliphatic heterocycles. The van der Waals surface area contributed by atoms with Gasteiger partial charge in [0.1, 0.15) is 12.0 Å². The van der Waals surface area contributed by atoms with Gasteiger partial charge >= 0.3 is 0 Å². The molecule has 128 valence electrons. The minimum atomic E-state index is -0.427. The van der Waals surface area contributed by atoms with Crippen LogP contribution in [0.5, 0.6) is 0 Å². The van der Waals surface area contributed by atoms with Crippen LogP contribution in [0.3, 0.4) is 0 Å². The summed E-state index contributed by atoms with van der Waals surface area (Å²) < 4.78 is 5.39. The van der Waals surface area contributed by atoms with Crippen molar-refractivity contribution in [3.63, 3.8) is 0 Å². The summed E-state index contributed by atoms with van der Waals surface area (Å²) in [6, 6.07) is 1.56. The van der Waals surface area contributed by atoms with Gasteiger partial charge in [0.05, 0.1) is 10.8 Å². The summed E-state index contributed by atoms with van der Waals surface area (Å²) in [6.45, 7) is 3.41. The third-order valence-corrected chi connectivity index (χ3v) is 4.15. The van der Waals surface area contributed by atoms with Crippen molar-refractivity contribution in [2.75, 3.05) is 37.0 Å². The number of aryl methyl sites for hydroxylation is 1. The average molecular weight is 332 g/mol. The molecule has 0 spiro atoms. The average Bonchev–Trinajstić information content (AvgIpc) is 3.05. The lowest BCUT2D eigenvalue weighted by Gasteiger charge is -2.32. The lowest BCUT2D eigenvalue weighted by atomic mass is 9.97. The highest BCUT2D eigenvalue weighted by Crippen LogP contribution is 2.31. The number of piperidine rings is 1. The Kier molecular flexibility index (Phi) is 4.32. The van der Waals surface area contributed by atoms with Gasteiger partial charge in [0.15, 0.2) is 0 Å². The first-order valence-corrected chi connectivity index (χ1v) is 7.82. The molecule has 9 nitrogen and oxygen atoms in total. The lowest BCUT2D eigenvalue weighted by Crippen LogP contribution is -2.35. The second kappa shape index (κ2) is 6.42. The first-order chi connectivity index (χ1) is 11.5. The largest absolute Gasteiger partial charge is 0.356 e. The van der Waals surface area contributed by atoms with Gasteiger partial charge in [-0.25, -0.2) is 4.98 Å². The Hall–Kier alpha value is -2.71. The zero-order valence-electron chi connectivity index (χ0n) is 14.0. The highest BCUT2D eigenvalue weighted by molar-refractivity contribution is 5.51. The van der Waals surface area contributed by atoms with E-state index >= 15 is 0 Å². The molecule has 0 amide bonds. The molecule has 3 rings (SSSR count). The SMILES string of the molecule is Cc1cc([N+](=O)[O-])cnc1N1CCCC(c2nc(N(C)C)no2)C1. The molecular weight excluding hydrogens is 312 g/mol. The fourth-order valence-electron chi connectivity index (χ4n) is 2.93. The van der Waals surface area contributed by atoms with Crippen LogP contribution in [-0.4, -0.2) is 47.2 Å². The smallest absolute Gasteiger partial charge is 0.287 e. The van der Waals surface area contributed by atoms with Gasteiger partial charge < -0.3 is 14.3 Å². The number of nitro groups is 1. The summed E-state index contributed by atoms with van der Waals surface area (Å²) >= 11 is 0. The molecule has 1 saturated heterocycles. The van der Waals surface area contributed by atoms with Crippen molar-refractivity contribution in [1.82, 2.24) is 15.1 Å². The number of hydrogen-bond acceptors (Lipinski definition) is 8. The monoisotopic (exact) mass is 332 g/mol. The topological polar surface area (TPSA) is 101 Å². The molecule has 1 aliphatic rings. The van der Waals surface area contributed by atoms with E-state index in [1.807, 2.05) is 21.0 Å². The molecule has 0 N–H and O–H groups in total. The first-order valence-electron chi connectivity index (χ1n) is 7.82. The summed E-state index contributed by atoms with van der Waals surface area (Å²) in [5.41, 5.74) is 0.807. The summed E-state index contributed by atoms with van der Waals surface area (Å²) in [6.07, 6.45) is 3.25. The molecule has 0 radical (unpaired) electrons. The van der Waals surface area contributed by atoms with E-state index in [4.69, 9.17) is 4.52 Å². The predicted molar refractivity (Wildman–Crippen MR) is 88.4 cm³/mol. The van der Waals surface area contributed by atoms with Crippen LogP contribution in [0.25, 0.3) is 0 Å². The highest BCUT2D eigenvalue weighted by Gasteiger charge is 2.28. The van der Waals surface area contributed by atoms with E-state index in [0.717, 1.165) is 30.8 Å². The van der Waals surface area contributed by atoms with Crippen LogP contribution in [0.15, 0.2) is 16.8 Å². The molecule has 0 aromatic carbocycles. The van der Waals surface area contributed by atoms with Crippen molar-refractivity contribution in [1.29, 1.82) is 0 Å². The summed E-state index contributed by atoms with van der Waals surface area (Å²) in [5.74, 6) is 2.10. The normalized spacial score (nSPS) is 17.8. The molecule has 1 atom stereocenters. The second-order valence-corrected chi connectivity index (χ2v) is 6.20. The Labute approximate surface area is 139 Å². The molecule has 0 bridgehead atoms. The number of anilines is 2. The zero-order chi connectivity index (χ0) is 17.3. The molecule has 0 saturated carbocycles. The van der Waals surface area contributed by atoms with E-state index < -0.39 is 4.92 Å². The van der Waals surface area contributed by atoms with E-state index in [1.165, 1.54) is 6.20 Å². The van der Waals surface area contributed by atoms with Gasteiger partial charge in [-0.15, -0.1) is 0 Å². The van der Waals surface area contributed by atoms with Crippen LogP contribution in [0, 0.1) is 17.0 Å². The van der Waals surface area contributed by atoms with Crippen LogP contribution >= 0.6 is 0 Å². The molecule has 0 aliphatic carbocycles. The Morgan fingerprint density at radius 2 is 2.25 bits per heavy atom. The maximum absolute atomic E-state index is 10.9. The van der Waals surface area contributed by atoms with E-state index in [2.05, 4.69) is 20.0 Å². The fraction of sp³-hybridized carbons (Fsp3) is 0.533. The maximum Gasteiger partial charge on any atom is 0.287 e. The molecule has 3 heterocycles. The zero-order valence-corrected chi connectivity index (χ0v) is 14.0. The standard InChI is InChI=1S/C15H20N6O3/c1-10-7-12(21(22)23)8-16-13(10)20-6-4-5-11(9-20)14-17-15(18-24-14)19(2)3/h7-8,11H,4-6,9H2,1-3H3. The van der Waals surface area contributed by atoms with Gasteiger partial charge in [-0.1, -0.05) is 0 Å². The summed E-state index contributed by atoms with van der Waals surface area (Å²) in [4.78, 5) is 23.1. The van der Waals surface area contributed by atoms with Crippen LogP contribution < -0.4 is 9.80 Å². The van der Waals surface area contributed by atoms with Crippen molar-refractivity contribution in [3.05, 3.63) is 33.8 Å². The Morgan fingerprint density at radius 1 is 1.46 bits per heavy atom. The van der Waals surface area contributed by atoms with Gasteiger partial charge in [-0.2, -0.15) is 4.98 Å². The minimum Gasteiger partial charge on any atom is -0.356 e. The van der Waals surface area contributed by atoms with Gasteiger partial charge in [0.25, 0.3) is 11.6 Å². The van der Waals surface area contributed by atoms with E-state index in [9.17, 15) is 10.1 Å². The number of hydrogen-bond donors (Lipinski definition) is 0. The third kappa shape index (κ3) is 3.15. The quantitative estimate of drug-likeness (QED) is 0.620. The molecule has 24 heavy (non-hydrogen) atoms. The molecule has 9 heteroatoms. The van der Waals surface area contributed by atoms with Crippen LogP contribution in [0.4, 0.5) is 17.5 Å². The molecular formula is C15H20N6O3. The highest BCUT2D eigenvalue weighted by atomic mass is 16.6. The van der Waals surface area contributed by atoms with Gasteiger partial charge in [0.2, 0.25) is 5.89 Å². The third-order valence-electron chi connectivity index (χ3n) is 4.15. The molecule has 1 fully saturated rings. The van der Waals surface area contributed by atoms with Crippen LogP contribution in [0.1, 0.15) is 30.2 Å². The van der Waals surface area contributed by atoms with Crippen molar-refractivity contribution in [3.8, 4) is 0 Å². The second-order valence-electron chi connectivity index (χ2n) is 6.20. The summed E-state index contributed by atoms with van der Waals surface area (Å²) in [5, 5.41) is 14.8. The number of aromatic nitrogens is 3. The van der Waals surface area contributed by atoms with Crippen LogP contribution in [0.2, 0.25) is 0 Å². The number of nitrogens with zero attached hydrogens (tertiary/aromatic N) is 6.